The van der Waals surface area contributed by atoms with E-state index < -0.39 is 0 Å². The number of methoxy groups -OCH3 is 1. The number of allylic oxidation sites excluding steroid dienone is 2. The Bertz CT molecular complexity index is 103. The van der Waals surface area contributed by atoms with Gasteiger partial charge in [0.25, 0.3) is 0 Å². The van der Waals surface area contributed by atoms with Gasteiger partial charge in [-0.15, -0.1) is 0 Å². The van der Waals surface area contributed by atoms with Crippen LogP contribution < -0.4 is 0 Å². The molecule has 0 aliphatic rings. The van der Waals surface area contributed by atoms with Gasteiger partial charge in [-0.2, -0.15) is 0 Å². The fourth-order valence-corrected chi connectivity index (χ4v) is 0.584. The normalized spacial score (nSPS) is 11.6. The number of hydrogen-bond acceptors (Lipinski definition) is 1. The minimum Gasteiger partial charge on any atom is -0.384 e. The highest BCUT2D eigenvalue weighted by atomic mass is 16.5. The lowest BCUT2D eigenvalue weighted by atomic mass is 10.2. The Morgan fingerprint density at radius 1 is 1.67 bits per heavy atom. The van der Waals surface area contributed by atoms with Gasteiger partial charge in [0.05, 0.1) is 6.61 Å². The maximum Gasteiger partial charge on any atom is 0.0502 e. The molecule has 0 unspecified atom stereocenters. The minimum atomic E-state index is 0.783. The Morgan fingerprint density at radius 2 is 2.33 bits per heavy atom. The Labute approximate surface area is 57.0 Å². The number of rotatable bonds is 4. The summed E-state index contributed by atoms with van der Waals surface area (Å²) in [6, 6.07) is 0. The van der Waals surface area contributed by atoms with Crippen LogP contribution in [0.5, 0.6) is 0 Å². The standard InChI is InChI=1S/C8H14O/c1-4-8(5-2)6-7-9-3/h4-5H,1,6-7H2,2-3H3/b8-5+. The molecule has 0 saturated heterocycles. The second-order valence-electron chi connectivity index (χ2n) is 1.81. The van der Waals surface area contributed by atoms with Crippen molar-refractivity contribution in [2.24, 2.45) is 0 Å². The topological polar surface area (TPSA) is 9.23 Å². The second-order valence-corrected chi connectivity index (χ2v) is 1.81. The summed E-state index contributed by atoms with van der Waals surface area (Å²) < 4.78 is 4.89. The minimum absolute atomic E-state index is 0.783. The Morgan fingerprint density at radius 3 is 2.67 bits per heavy atom. The molecule has 1 heteroatoms. The molecular weight excluding hydrogens is 112 g/mol. The lowest BCUT2D eigenvalue weighted by Crippen LogP contribution is -1.88. The fraction of sp³-hybridized carbons (Fsp3) is 0.500. The quantitative estimate of drug-likeness (QED) is 0.524. The lowest BCUT2D eigenvalue weighted by Gasteiger charge is -1.97. The molecule has 0 aromatic heterocycles. The maximum absolute atomic E-state index is 4.89. The molecule has 0 N–H and O–H groups in total. The fourth-order valence-electron chi connectivity index (χ4n) is 0.584. The molecule has 0 rings (SSSR count). The molecule has 0 saturated carbocycles. The predicted octanol–water partition coefficient (Wildman–Crippen LogP) is 2.16. The highest BCUT2D eigenvalue weighted by molar-refractivity contribution is 5.14. The molecular formula is C8H14O. The van der Waals surface area contributed by atoms with Gasteiger partial charge in [0, 0.05) is 7.11 Å². The van der Waals surface area contributed by atoms with Crippen molar-refractivity contribution in [3.05, 3.63) is 24.3 Å². The molecule has 0 aromatic rings. The van der Waals surface area contributed by atoms with Gasteiger partial charge in [0.2, 0.25) is 0 Å². The van der Waals surface area contributed by atoms with Crippen molar-refractivity contribution in [2.75, 3.05) is 13.7 Å². The molecule has 0 bridgehead atoms. The molecule has 9 heavy (non-hydrogen) atoms. The Hall–Kier alpha value is -0.560. The molecule has 0 fully saturated rings. The van der Waals surface area contributed by atoms with E-state index in [1.807, 2.05) is 19.1 Å². The molecule has 0 aliphatic heterocycles. The maximum atomic E-state index is 4.89. The van der Waals surface area contributed by atoms with E-state index >= 15 is 0 Å². The molecule has 1 nitrogen and oxygen atoms in total. The smallest absolute Gasteiger partial charge is 0.0502 e. The molecule has 0 amide bonds. The first-order chi connectivity index (χ1) is 4.35. The summed E-state index contributed by atoms with van der Waals surface area (Å²) in [6.45, 7) is 6.45. The average molecular weight is 126 g/mol. The van der Waals surface area contributed by atoms with E-state index in [1.165, 1.54) is 5.57 Å². The van der Waals surface area contributed by atoms with Crippen molar-refractivity contribution in [3.8, 4) is 0 Å². The SMILES string of the molecule is C=C/C(=C\C)CCOC. The van der Waals surface area contributed by atoms with Crippen molar-refractivity contribution in [1.29, 1.82) is 0 Å². The zero-order valence-electron chi connectivity index (χ0n) is 6.18. The van der Waals surface area contributed by atoms with E-state index in [0.717, 1.165) is 13.0 Å². The van der Waals surface area contributed by atoms with Crippen molar-refractivity contribution >= 4 is 0 Å². The molecule has 0 spiro atoms. The molecule has 0 atom stereocenters. The van der Waals surface area contributed by atoms with Crippen LogP contribution in [0.3, 0.4) is 0 Å². The van der Waals surface area contributed by atoms with E-state index in [-0.39, 0.29) is 0 Å². The van der Waals surface area contributed by atoms with Crippen LogP contribution >= 0.6 is 0 Å². The summed E-state index contributed by atoms with van der Waals surface area (Å²) in [7, 11) is 1.70. The van der Waals surface area contributed by atoms with Crippen LogP contribution in [0.1, 0.15) is 13.3 Å². The molecule has 0 aliphatic carbocycles. The Kier molecular flexibility index (Phi) is 5.23. The van der Waals surface area contributed by atoms with Crippen LogP contribution in [0.25, 0.3) is 0 Å². The summed E-state index contributed by atoms with van der Waals surface area (Å²) >= 11 is 0. The summed E-state index contributed by atoms with van der Waals surface area (Å²) in [6.07, 6.45) is 4.88. The zero-order valence-corrected chi connectivity index (χ0v) is 6.18. The third kappa shape index (κ3) is 3.98. The third-order valence-corrected chi connectivity index (χ3v) is 1.23. The highest BCUT2D eigenvalue weighted by Crippen LogP contribution is 2.00. The first kappa shape index (κ1) is 8.44. The average Bonchev–Trinajstić information content (AvgIpc) is 1.91. The van der Waals surface area contributed by atoms with Gasteiger partial charge in [0.1, 0.15) is 0 Å². The van der Waals surface area contributed by atoms with Crippen LogP contribution in [0.4, 0.5) is 0 Å². The van der Waals surface area contributed by atoms with E-state index in [4.69, 9.17) is 4.74 Å². The first-order valence-electron chi connectivity index (χ1n) is 3.11. The Balaban J connectivity index is 3.45. The van der Waals surface area contributed by atoms with Gasteiger partial charge in [-0.25, -0.2) is 0 Å². The van der Waals surface area contributed by atoms with E-state index in [0.29, 0.717) is 0 Å². The van der Waals surface area contributed by atoms with Crippen LogP contribution in [0, 0.1) is 0 Å². The summed E-state index contributed by atoms with van der Waals surface area (Å²) in [5.41, 5.74) is 1.25. The van der Waals surface area contributed by atoms with Crippen molar-refractivity contribution in [1.82, 2.24) is 0 Å². The first-order valence-corrected chi connectivity index (χ1v) is 3.11. The van der Waals surface area contributed by atoms with Gasteiger partial charge in [0.15, 0.2) is 0 Å². The molecule has 0 aromatic carbocycles. The number of ether oxygens (including phenoxy) is 1. The van der Waals surface area contributed by atoms with Crippen LogP contribution in [0.2, 0.25) is 0 Å². The van der Waals surface area contributed by atoms with Gasteiger partial charge in [-0.1, -0.05) is 24.3 Å². The summed E-state index contributed by atoms with van der Waals surface area (Å²) in [4.78, 5) is 0. The predicted molar refractivity (Wildman–Crippen MR) is 40.4 cm³/mol. The van der Waals surface area contributed by atoms with Gasteiger partial charge >= 0.3 is 0 Å². The molecule has 0 heterocycles. The molecule has 52 valence electrons. The van der Waals surface area contributed by atoms with Gasteiger partial charge < -0.3 is 4.74 Å². The summed E-state index contributed by atoms with van der Waals surface area (Å²) in [5, 5.41) is 0. The van der Waals surface area contributed by atoms with Crippen LogP contribution in [-0.2, 0) is 4.74 Å². The molecule has 0 radical (unpaired) electrons. The van der Waals surface area contributed by atoms with Crippen LogP contribution in [-0.4, -0.2) is 13.7 Å². The number of hydrogen-bond donors (Lipinski definition) is 0. The largest absolute Gasteiger partial charge is 0.384 e. The van der Waals surface area contributed by atoms with Crippen molar-refractivity contribution in [2.45, 2.75) is 13.3 Å². The summed E-state index contributed by atoms with van der Waals surface area (Å²) in [5.74, 6) is 0. The highest BCUT2D eigenvalue weighted by Gasteiger charge is 1.86. The monoisotopic (exact) mass is 126 g/mol. The van der Waals surface area contributed by atoms with Gasteiger partial charge in [-0.05, 0) is 13.3 Å². The van der Waals surface area contributed by atoms with E-state index in [9.17, 15) is 0 Å². The van der Waals surface area contributed by atoms with Crippen molar-refractivity contribution < 1.29 is 4.74 Å². The third-order valence-electron chi connectivity index (χ3n) is 1.23. The van der Waals surface area contributed by atoms with Crippen molar-refractivity contribution in [3.63, 3.8) is 0 Å². The van der Waals surface area contributed by atoms with E-state index in [1.54, 1.807) is 7.11 Å². The second kappa shape index (κ2) is 5.57. The van der Waals surface area contributed by atoms with E-state index in [2.05, 4.69) is 6.58 Å². The lowest BCUT2D eigenvalue weighted by molar-refractivity contribution is 0.203. The van der Waals surface area contributed by atoms with Crippen LogP contribution in [0.15, 0.2) is 24.3 Å². The van der Waals surface area contributed by atoms with Gasteiger partial charge in [-0.3, -0.25) is 0 Å². The zero-order chi connectivity index (χ0) is 7.11.